The first-order valence-corrected chi connectivity index (χ1v) is 2.50. The summed E-state index contributed by atoms with van der Waals surface area (Å²) in [6, 6.07) is 0. The Morgan fingerprint density at radius 3 is 2.75 bits per heavy atom. The Hall–Kier alpha value is -0.0600. The molecular formula is C4H8O3S. The Balaban J connectivity index is 2.82. The van der Waals surface area contributed by atoms with Gasteiger partial charge in [0, 0.05) is 7.11 Å². The van der Waals surface area contributed by atoms with Gasteiger partial charge in [-0.15, -0.1) is 12.6 Å². The Labute approximate surface area is 53.4 Å². The number of carbonyl (C=O) groups excluding carboxylic acids is 1. The van der Waals surface area contributed by atoms with Crippen LogP contribution in [-0.4, -0.2) is 25.6 Å². The first kappa shape index (κ1) is 7.94. The minimum atomic E-state index is -0.290. The van der Waals surface area contributed by atoms with Crippen LogP contribution >= 0.6 is 12.6 Å². The number of hydrogen-bond donors (Lipinski definition) is 1. The highest BCUT2D eigenvalue weighted by Gasteiger charge is 1.90. The number of rotatable bonds is 4. The quantitative estimate of drug-likeness (QED) is 0.337. The zero-order chi connectivity index (χ0) is 6.41. The highest BCUT2D eigenvalue weighted by atomic mass is 32.1. The normalized spacial score (nSPS) is 9.25. The van der Waals surface area contributed by atoms with Crippen molar-refractivity contribution in [3.8, 4) is 0 Å². The molecule has 0 unspecified atom stereocenters. The van der Waals surface area contributed by atoms with Gasteiger partial charge in [-0.2, -0.15) is 0 Å². The lowest BCUT2D eigenvalue weighted by atomic mass is 10.8. The predicted molar refractivity (Wildman–Crippen MR) is 31.8 cm³/mol. The summed E-state index contributed by atoms with van der Waals surface area (Å²) in [6.07, 6.45) is 0. The minimum absolute atomic E-state index is 0.0109. The Morgan fingerprint density at radius 1 is 1.75 bits per heavy atom. The van der Waals surface area contributed by atoms with E-state index in [1.54, 1.807) is 0 Å². The van der Waals surface area contributed by atoms with Gasteiger partial charge >= 0.3 is 0 Å². The van der Waals surface area contributed by atoms with Gasteiger partial charge in [0.25, 0.3) is 0 Å². The van der Waals surface area contributed by atoms with Crippen molar-refractivity contribution >= 4 is 17.7 Å². The number of methoxy groups -OCH3 is 1. The van der Waals surface area contributed by atoms with Crippen LogP contribution in [0, 0.1) is 0 Å². The first-order valence-electron chi connectivity index (χ1n) is 2.06. The van der Waals surface area contributed by atoms with E-state index >= 15 is 0 Å². The van der Waals surface area contributed by atoms with E-state index in [4.69, 9.17) is 0 Å². The van der Waals surface area contributed by atoms with Crippen molar-refractivity contribution in [1.29, 1.82) is 0 Å². The van der Waals surface area contributed by atoms with E-state index in [0.29, 0.717) is 0 Å². The van der Waals surface area contributed by atoms with Crippen LogP contribution in [0.25, 0.3) is 0 Å². The third-order valence-electron chi connectivity index (χ3n) is 0.427. The van der Waals surface area contributed by atoms with E-state index in [1.807, 2.05) is 0 Å². The van der Waals surface area contributed by atoms with Gasteiger partial charge in [-0.3, -0.25) is 4.79 Å². The highest BCUT2D eigenvalue weighted by Crippen LogP contribution is 1.80. The average molecular weight is 136 g/mol. The first-order chi connectivity index (χ1) is 3.77. The molecule has 8 heavy (non-hydrogen) atoms. The summed E-state index contributed by atoms with van der Waals surface area (Å²) in [6.45, 7) is 0.156. The summed E-state index contributed by atoms with van der Waals surface area (Å²) in [4.78, 5) is 10.0. The average Bonchev–Trinajstić information content (AvgIpc) is 1.66. The second-order valence-corrected chi connectivity index (χ2v) is 1.65. The lowest BCUT2D eigenvalue weighted by Crippen LogP contribution is -2.03. The molecule has 0 spiro atoms. The monoisotopic (exact) mass is 136 g/mol. The molecule has 4 heteroatoms. The van der Waals surface area contributed by atoms with Crippen LogP contribution in [-0.2, 0) is 14.3 Å². The highest BCUT2D eigenvalue weighted by molar-refractivity contribution is 7.96. The molecule has 3 nitrogen and oxygen atoms in total. The fourth-order valence-electron chi connectivity index (χ4n) is 0.212. The van der Waals surface area contributed by atoms with Gasteiger partial charge in [-0.25, -0.2) is 0 Å². The van der Waals surface area contributed by atoms with Gasteiger partial charge in [0.15, 0.2) is 0 Å². The standard InChI is InChI=1S/C4H8O3S/c1-6-3-7-2-4(5)8/h2-3H2,1H3,(H,5,8). The van der Waals surface area contributed by atoms with E-state index in [2.05, 4.69) is 22.1 Å². The van der Waals surface area contributed by atoms with E-state index in [-0.39, 0.29) is 18.5 Å². The van der Waals surface area contributed by atoms with E-state index in [1.165, 1.54) is 7.11 Å². The summed E-state index contributed by atoms with van der Waals surface area (Å²) in [5.41, 5.74) is 0. The molecule has 0 aliphatic rings. The molecule has 0 aromatic heterocycles. The van der Waals surface area contributed by atoms with Gasteiger partial charge in [-0.1, -0.05) is 0 Å². The third kappa shape index (κ3) is 5.94. The largest absolute Gasteiger partial charge is 0.359 e. The van der Waals surface area contributed by atoms with Crippen molar-refractivity contribution in [3.63, 3.8) is 0 Å². The van der Waals surface area contributed by atoms with Crippen LogP contribution in [0.2, 0.25) is 0 Å². The third-order valence-corrected chi connectivity index (χ3v) is 0.556. The molecule has 0 heterocycles. The van der Waals surface area contributed by atoms with Crippen LogP contribution in [0.15, 0.2) is 0 Å². The number of thiol groups is 1. The fourth-order valence-corrected chi connectivity index (χ4v) is 0.304. The smallest absolute Gasteiger partial charge is 0.211 e. The van der Waals surface area contributed by atoms with Crippen LogP contribution in [0.3, 0.4) is 0 Å². The molecule has 0 bridgehead atoms. The van der Waals surface area contributed by atoms with Crippen LogP contribution in [0.1, 0.15) is 0 Å². The van der Waals surface area contributed by atoms with Crippen molar-refractivity contribution in [2.24, 2.45) is 0 Å². The van der Waals surface area contributed by atoms with Crippen LogP contribution < -0.4 is 0 Å². The molecule has 48 valence electrons. The molecule has 0 saturated carbocycles. The van der Waals surface area contributed by atoms with Gasteiger partial charge in [0.1, 0.15) is 13.4 Å². The maximum absolute atomic E-state index is 10.0. The maximum Gasteiger partial charge on any atom is 0.211 e. The van der Waals surface area contributed by atoms with Crippen LogP contribution in [0.5, 0.6) is 0 Å². The van der Waals surface area contributed by atoms with E-state index < -0.39 is 0 Å². The second kappa shape index (κ2) is 5.08. The van der Waals surface area contributed by atoms with Crippen LogP contribution in [0.4, 0.5) is 0 Å². The van der Waals surface area contributed by atoms with Crippen molar-refractivity contribution in [1.82, 2.24) is 0 Å². The summed E-state index contributed by atoms with van der Waals surface area (Å²) in [7, 11) is 1.49. The molecule has 0 amide bonds. The molecule has 0 rings (SSSR count). The lowest BCUT2D eigenvalue weighted by Gasteiger charge is -1.95. The lowest BCUT2D eigenvalue weighted by molar-refractivity contribution is -0.119. The molecule has 0 saturated heterocycles. The molecule has 0 N–H and O–H groups in total. The topological polar surface area (TPSA) is 35.5 Å². The molecule has 0 atom stereocenters. The van der Waals surface area contributed by atoms with Gasteiger partial charge in [0.05, 0.1) is 0 Å². The molecule has 0 aliphatic carbocycles. The minimum Gasteiger partial charge on any atom is -0.359 e. The van der Waals surface area contributed by atoms with Gasteiger partial charge in [0.2, 0.25) is 5.12 Å². The fraction of sp³-hybridized carbons (Fsp3) is 0.750. The van der Waals surface area contributed by atoms with E-state index in [9.17, 15) is 4.79 Å². The molecule has 0 aromatic rings. The second-order valence-electron chi connectivity index (χ2n) is 1.15. The van der Waals surface area contributed by atoms with Crippen molar-refractivity contribution in [2.75, 3.05) is 20.5 Å². The van der Waals surface area contributed by atoms with Crippen molar-refractivity contribution in [2.45, 2.75) is 0 Å². The Kier molecular flexibility index (Phi) is 5.05. The molecule has 0 radical (unpaired) electrons. The SMILES string of the molecule is COCOCC(=O)S. The van der Waals surface area contributed by atoms with Gasteiger partial charge in [-0.05, 0) is 0 Å². The molecule has 0 aliphatic heterocycles. The summed E-state index contributed by atoms with van der Waals surface area (Å²) >= 11 is 3.45. The van der Waals surface area contributed by atoms with Crippen molar-refractivity contribution in [3.05, 3.63) is 0 Å². The molecule has 0 aromatic carbocycles. The summed E-state index contributed by atoms with van der Waals surface area (Å²) < 4.78 is 9.08. The predicted octanol–water partition coefficient (Wildman–Crippen LogP) is 0.0633. The zero-order valence-corrected chi connectivity index (χ0v) is 5.48. The number of hydrogen-bond acceptors (Lipinski definition) is 3. The zero-order valence-electron chi connectivity index (χ0n) is 4.59. The number of carbonyl (C=O) groups is 1. The molecular weight excluding hydrogens is 128 g/mol. The van der Waals surface area contributed by atoms with Gasteiger partial charge < -0.3 is 9.47 Å². The Bertz CT molecular complexity index is 73.7. The maximum atomic E-state index is 10.0. The summed E-state index contributed by atoms with van der Waals surface area (Å²) in [5, 5.41) is -0.290. The van der Waals surface area contributed by atoms with Crippen molar-refractivity contribution < 1.29 is 14.3 Å². The number of ether oxygens (including phenoxy) is 2. The molecule has 0 fully saturated rings. The summed E-state index contributed by atoms with van der Waals surface area (Å²) in [5.74, 6) is 0. The van der Waals surface area contributed by atoms with E-state index in [0.717, 1.165) is 0 Å². The Morgan fingerprint density at radius 2 is 2.38 bits per heavy atom.